The number of benzene rings is 1. The zero-order chi connectivity index (χ0) is 12.8. The number of aromatic nitrogens is 5. The Balaban J connectivity index is 2.05. The molecule has 0 amide bonds. The van der Waals surface area contributed by atoms with Gasteiger partial charge in [0.1, 0.15) is 6.33 Å². The number of imidazole rings is 1. The Hall–Kier alpha value is -2.89. The molecule has 0 saturated carbocycles. The third kappa shape index (κ3) is 1.46. The number of pyridine rings is 1. The molecule has 0 unspecified atom stereocenters. The first-order valence-electron chi connectivity index (χ1n) is 5.82. The van der Waals surface area contributed by atoms with Gasteiger partial charge < -0.3 is 9.97 Å². The minimum absolute atomic E-state index is 0.201. The van der Waals surface area contributed by atoms with E-state index in [0.29, 0.717) is 0 Å². The quantitative estimate of drug-likeness (QED) is 0.539. The molecule has 0 aliphatic rings. The Morgan fingerprint density at radius 2 is 2.05 bits per heavy atom. The molecule has 0 fully saturated rings. The van der Waals surface area contributed by atoms with Crippen LogP contribution in [0, 0.1) is 0 Å². The van der Waals surface area contributed by atoms with Gasteiger partial charge in [0, 0.05) is 17.3 Å². The molecule has 6 nitrogen and oxygen atoms in total. The summed E-state index contributed by atoms with van der Waals surface area (Å²) >= 11 is 0. The fourth-order valence-corrected chi connectivity index (χ4v) is 2.29. The predicted octanol–water partition coefficient (Wildman–Crippen LogP) is 1.57. The maximum absolute atomic E-state index is 11.4. The van der Waals surface area contributed by atoms with Crippen LogP contribution >= 0.6 is 0 Å². The highest BCUT2D eigenvalue weighted by atomic mass is 16.1. The average Bonchev–Trinajstić information content (AvgIpc) is 3.01. The van der Waals surface area contributed by atoms with Crippen molar-refractivity contribution in [3.63, 3.8) is 0 Å². The molecule has 3 aromatic heterocycles. The molecule has 1 aromatic carbocycles. The number of hydrogen-bond donors (Lipinski definition) is 2. The van der Waals surface area contributed by atoms with Crippen molar-refractivity contribution in [2.75, 3.05) is 0 Å². The summed E-state index contributed by atoms with van der Waals surface area (Å²) in [5.74, 6) is 0. The van der Waals surface area contributed by atoms with Gasteiger partial charge in [0.15, 0.2) is 5.65 Å². The second-order valence-electron chi connectivity index (χ2n) is 4.32. The number of H-pyrrole nitrogens is 2. The van der Waals surface area contributed by atoms with Crippen molar-refractivity contribution in [3.8, 4) is 11.1 Å². The molecule has 0 saturated heterocycles. The van der Waals surface area contributed by atoms with Gasteiger partial charge in [-0.3, -0.25) is 4.40 Å². The van der Waals surface area contributed by atoms with E-state index in [1.807, 2.05) is 40.9 Å². The van der Waals surface area contributed by atoms with E-state index in [2.05, 4.69) is 20.2 Å². The van der Waals surface area contributed by atoms with Gasteiger partial charge >= 0.3 is 5.69 Å². The Morgan fingerprint density at radius 3 is 3.00 bits per heavy atom. The zero-order valence-electron chi connectivity index (χ0n) is 9.79. The smallest absolute Gasteiger partial charge is 0.306 e. The summed E-state index contributed by atoms with van der Waals surface area (Å²) in [6.07, 6.45) is 3.59. The minimum Gasteiger partial charge on any atom is -0.306 e. The van der Waals surface area contributed by atoms with Crippen LogP contribution in [-0.4, -0.2) is 24.6 Å². The van der Waals surface area contributed by atoms with Crippen LogP contribution in [0.4, 0.5) is 0 Å². The zero-order valence-corrected chi connectivity index (χ0v) is 9.79. The molecular weight excluding hydrogens is 242 g/mol. The van der Waals surface area contributed by atoms with Gasteiger partial charge in [-0.05, 0) is 18.2 Å². The molecule has 0 aliphatic heterocycles. The van der Waals surface area contributed by atoms with Crippen molar-refractivity contribution in [1.82, 2.24) is 24.6 Å². The topological polar surface area (TPSA) is 78.8 Å². The standard InChI is InChI=1S/C13H9N5O/c19-13-15-10-3-1-2-9(12(10)16-13)8-4-5-11-17-14-7-18(11)6-8/h1-7H,(H2,15,16,19). The van der Waals surface area contributed by atoms with Crippen molar-refractivity contribution < 1.29 is 0 Å². The van der Waals surface area contributed by atoms with Crippen LogP contribution in [0.2, 0.25) is 0 Å². The summed E-state index contributed by atoms with van der Waals surface area (Å²) < 4.78 is 1.85. The molecule has 0 radical (unpaired) electrons. The van der Waals surface area contributed by atoms with E-state index >= 15 is 0 Å². The van der Waals surface area contributed by atoms with Gasteiger partial charge in [-0.1, -0.05) is 12.1 Å². The number of nitrogens with one attached hydrogen (secondary N) is 2. The van der Waals surface area contributed by atoms with E-state index in [0.717, 1.165) is 27.8 Å². The summed E-state index contributed by atoms with van der Waals surface area (Å²) in [7, 11) is 0. The van der Waals surface area contributed by atoms with Crippen molar-refractivity contribution in [1.29, 1.82) is 0 Å². The van der Waals surface area contributed by atoms with Gasteiger partial charge in [-0.15, -0.1) is 10.2 Å². The number of rotatable bonds is 1. The second-order valence-corrected chi connectivity index (χ2v) is 4.32. The number of fused-ring (bicyclic) bond motifs is 2. The first-order chi connectivity index (χ1) is 9.31. The Bertz CT molecular complexity index is 946. The monoisotopic (exact) mass is 251 g/mol. The summed E-state index contributed by atoms with van der Waals surface area (Å²) in [6, 6.07) is 9.61. The minimum atomic E-state index is -0.201. The third-order valence-corrected chi connectivity index (χ3v) is 3.15. The lowest BCUT2D eigenvalue weighted by Gasteiger charge is -2.03. The fraction of sp³-hybridized carbons (Fsp3) is 0. The maximum atomic E-state index is 11.4. The molecule has 19 heavy (non-hydrogen) atoms. The summed E-state index contributed by atoms with van der Waals surface area (Å²) in [4.78, 5) is 17.0. The summed E-state index contributed by atoms with van der Waals surface area (Å²) in [6.45, 7) is 0. The Morgan fingerprint density at radius 1 is 1.11 bits per heavy atom. The van der Waals surface area contributed by atoms with Crippen molar-refractivity contribution >= 4 is 16.7 Å². The highest BCUT2D eigenvalue weighted by molar-refractivity contribution is 5.91. The molecule has 4 aromatic rings. The molecule has 6 heteroatoms. The van der Waals surface area contributed by atoms with Gasteiger partial charge in [0.2, 0.25) is 0 Å². The van der Waals surface area contributed by atoms with Crippen LogP contribution in [0.3, 0.4) is 0 Å². The fourth-order valence-electron chi connectivity index (χ4n) is 2.29. The molecular formula is C13H9N5O. The second kappa shape index (κ2) is 3.55. The van der Waals surface area contributed by atoms with Gasteiger partial charge in [-0.25, -0.2) is 4.79 Å². The van der Waals surface area contributed by atoms with Crippen molar-refractivity contribution in [2.45, 2.75) is 0 Å². The number of para-hydroxylation sites is 1. The van der Waals surface area contributed by atoms with Gasteiger partial charge in [0.05, 0.1) is 11.0 Å². The summed E-state index contributed by atoms with van der Waals surface area (Å²) in [5, 5.41) is 7.82. The molecule has 2 N–H and O–H groups in total. The molecule has 0 spiro atoms. The average molecular weight is 251 g/mol. The van der Waals surface area contributed by atoms with Crippen LogP contribution in [-0.2, 0) is 0 Å². The third-order valence-electron chi connectivity index (χ3n) is 3.15. The van der Waals surface area contributed by atoms with E-state index in [9.17, 15) is 4.79 Å². The SMILES string of the molecule is O=c1[nH]c2cccc(-c3ccc4nncn4c3)c2[nH]1. The van der Waals surface area contributed by atoms with Gasteiger partial charge in [-0.2, -0.15) is 0 Å². The van der Waals surface area contributed by atoms with E-state index in [1.165, 1.54) is 0 Å². The molecule has 92 valence electrons. The first kappa shape index (κ1) is 10.1. The first-order valence-corrected chi connectivity index (χ1v) is 5.82. The summed E-state index contributed by atoms with van der Waals surface area (Å²) in [5.41, 5.74) is 4.15. The molecule has 0 bridgehead atoms. The normalized spacial score (nSPS) is 11.4. The Labute approximate surface area is 106 Å². The lowest BCUT2D eigenvalue weighted by atomic mass is 10.1. The lowest BCUT2D eigenvalue weighted by Crippen LogP contribution is -1.99. The maximum Gasteiger partial charge on any atom is 0.323 e. The molecule has 0 atom stereocenters. The van der Waals surface area contributed by atoms with Crippen LogP contribution in [0.5, 0.6) is 0 Å². The number of hydrogen-bond acceptors (Lipinski definition) is 3. The largest absolute Gasteiger partial charge is 0.323 e. The van der Waals surface area contributed by atoms with Crippen molar-refractivity contribution in [3.05, 3.63) is 53.3 Å². The van der Waals surface area contributed by atoms with E-state index in [4.69, 9.17) is 0 Å². The van der Waals surface area contributed by atoms with Crippen LogP contribution in [0.15, 0.2) is 47.7 Å². The van der Waals surface area contributed by atoms with Crippen LogP contribution in [0.1, 0.15) is 0 Å². The van der Waals surface area contributed by atoms with E-state index in [-0.39, 0.29) is 5.69 Å². The number of nitrogens with zero attached hydrogens (tertiary/aromatic N) is 3. The van der Waals surface area contributed by atoms with Crippen LogP contribution < -0.4 is 5.69 Å². The molecule has 3 heterocycles. The van der Waals surface area contributed by atoms with Crippen LogP contribution in [0.25, 0.3) is 27.8 Å². The predicted molar refractivity (Wildman–Crippen MR) is 70.9 cm³/mol. The lowest BCUT2D eigenvalue weighted by molar-refractivity contribution is 1.10. The van der Waals surface area contributed by atoms with Crippen molar-refractivity contribution in [2.24, 2.45) is 0 Å². The van der Waals surface area contributed by atoms with E-state index < -0.39 is 0 Å². The highest BCUT2D eigenvalue weighted by Gasteiger charge is 2.07. The molecule has 0 aliphatic carbocycles. The highest BCUT2D eigenvalue weighted by Crippen LogP contribution is 2.25. The number of aromatic amines is 2. The van der Waals surface area contributed by atoms with Gasteiger partial charge in [0.25, 0.3) is 0 Å². The molecule has 4 rings (SSSR count). The Kier molecular flexibility index (Phi) is 1.88. The van der Waals surface area contributed by atoms with E-state index in [1.54, 1.807) is 6.33 Å².